The molecule has 0 saturated heterocycles. The minimum Gasteiger partial charge on any atom is -0.242 e. The molecule has 2 aromatic rings. The van der Waals surface area contributed by atoms with Crippen molar-refractivity contribution in [1.29, 1.82) is 0 Å². The molecule has 25 heavy (non-hydrogen) atoms. The molecule has 0 aromatic heterocycles. The number of rotatable bonds is 7. The van der Waals surface area contributed by atoms with Gasteiger partial charge in [-0.15, -0.1) is 11.8 Å². The van der Waals surface area contributed by atoms with Crippen LogP contribution in [0.15, 0.2) is 69.9 Å². The number of thioether (sulfide) groups is 2. The molecule has 0 aliphatic carbocycles. The van der Waals surface area contributed by atoms with E-state index >= 15 is 0 Å². The average molecular weight is 374 g/mol. The highest BCUT2D eigenvalue weighted by Gasteiger charge is 2.03. The van der Waals surface area contributed by atoms with E-state index in [4.69, 9.17) is 4.99 Å². The molecule has 1 nitrogen and oxygen atoms in total. The fourth-order valence-corrected chi connectivity index (χ4v) is 3.65. The minimum atomic E-state index is -0.209. The molecule has 2 aromatic carbocycles. The van der Waals surface area contributed by atoms with E-state index in [0.29, 0.717) is 5.92 Å². The largest absolute Gasteiger partial charge is 0.242 e. The second-order valence-electron chi connectivity index (χ2n) is 5.98. The van der Waals surface area contributed by atoms with E-state index in [1.807, 2.05) is 23.6 Å². The fraction of sp³-hybridized carbons (Fsp3) is 0.286. The van der Waals surface area contributed by atoms with Crippen LogP contribution in [-0.4, -0.2) is 10.8 Å². The van der Waals surface area contributed by atoms with Gasteiger partial charge in [-0.2, -0.15) is 0 Å². The molecule has 0 saturated carbocycles. The quantitative estimate of drug-likeness (QED) is 0.288. The van der Waals surface area contributed by atoms with Crippen molar-refractivity contribution in [2.45, 2.75) is 32.1 Å². The molecule has 0 radical (unpaired) electrons. The topological polar surface area (TPSA) is 12.4 Å². The van der Waals surface area contributed by atoms with E-state index in [0.717, 1.165) is 21.4 Å². The van der Waals surface area contributed by atoms with Gasteiger partial charge in [-0.25, -0.2) is 9.38 Å². The van der Waals surface area contributed by atoms with Crippen molar-refractivity contribution in [3.63, 3.8) is 0 Å². The first-order valence-electron chi connectivity index (χ1n) is 8.43. The molecular formula is C21H24FNS2. The normalized spacial score (nSPS) is 13.4. The number of hydrogen-bond acceptors (Lipinski definition) is 3. The summed E-state index contributed by atoms with van der Waals surface area (Å²) in [6.07, 6.45) is 3.21. The van der Waals surface area contributed by atoms with Gasteiger partial charge in [0, 0.05) is 10.6 Å². The van der Waals surface area contributed by atoms with Crippen LogP contribution < -0.4 is 0 Å². The Bertz CT molecular complexity index is 706. The molecule has 0 aliphatic heterocycles. The van der Waals surface area contributed by atoms with Crippen molar-refractivity contribution < 1.29 is 4.39 Å². The molecule has 0 amide bonds. The van der Waals surface area contributed by atoms with Gasteiger partial charge in [0.25, 0.3) is 0 Å². The van der Waals surface area contributed by atoms with E-state index in [1.165, 1.54) is 24.1 Å². The zero-order valence-electron chi connectivity index (χ0n) is 14.9. The lowest BCUT2D eigenvalue weighted by atomic mass is 10.2. The Labute approximate surface area is 158 Å². The molecule has 0 bridgehead atoms. The van der Waals surface area contributed by atoms with Crippen LogP contribution in [0.1, 0.15) is 25.8 Å². The fourth-order valence-electron chi connectivity index (χ4n) is 1.89. The zero-order chi connectivity index (χ0) is 18.1. The Hall–Kier alpha value is -1.52. The minimum absolute atomic E-state index is 0.209. The van der Waals surface area contributed by atoms with Crippen molar-refractivity contribution >= 4 is 34.3 Å². The van der Waals surface area contributed by atoms with E-state index in [2.05, 4.69) is 32.9 Å². The van der Waals surface area contributed by atoms with Gasteiger partial charge in [0.15, 0.2) is 0 Å². The maximum atomic E-state index is 13.0. The molecule has 132 valence electrons. The van der Waals surface area contributed by atoms with Gasteiger partial charge < -0.3 is 0 Å². The first kappa shape index (κ1) is 19.8. The van der Waals surface area contributed by atoms with Crippen LogP contribution in [0.2, 0.25) is 0 Å². The van der Waals surface area contributed by atoms with Crippen LogP contribution in [0.5, 0.6) is 0 Å². The summed E-state index contributed by atoms with van der Waals surface area (Å²) in [5, 5.41) is 3.02. The van der Waals surface area contributed by atoms with E-state index in [9.17, 15) is 4.39 Å². The Morgan fingerprint density at radius 2 is 1.80 bits per heavy atom. The standard InChI is InChI=1S/C21H24FNS2/c1-4-16(2)15-25-21(23-19-9-5-17(3)6-10-19)13-14-24-20-11-7-18(22)8-12-20/h5-14,16H,4,15H2,1-3H3. The third-order valence-electron chi connectivity index (χ3n) is 3.71. The van der Waals surface area contributed by atoms with E-state index < -0.39 is 0 Å². The summed E-state index contributed by atoms with van der Waals surface area (Å²) < 4.78 is 13.0. The van der Waals surface area contributed by atoms with E-state index in [-0.39, 0.29) is 5.82 Å². The molecule has 4 heteroatoms. The molecule has 0 N–H and O–H groups in total. The van der Waals surface area contributed by atoms with Crippen molar-refractivity contribution in [2.75, 3.05) is 5.75 Å². The summed E-state index contributed by atoms with van der Waals surface area (Å²) in [7, 11) is 0. The Balaban J connectivity index is 2.08. The summed E-state index contributed by atoms with van der Waals surface area (Å²) >= 11 is 3.35. The summed E-state index contributed by atoms with van der Waals surface area (Å²) in [4.78, 5) is 5.78. The van der Waals surface area contributed by atoms with Gasteiger partial charge in [0.1, 0.15) is 5.82 Å². The first-order chi connectivity index (χ1) is 12.1. The molecule has 1 atom stereocenters. The Morgan fingerprint density at radius 1 is 1.12 bits per heavy atom. The number of halogens is 1. The Kier molecular flexibility index (Phi) is 8.29. The molecule has 0 fully saturated rings. The summed E-state index contributed by atoms with van der Waals surface area (Å²) in [6.45, 7) is 6.54. The van der Waals surface area contributed by atoms with Gasteiger partial charge >= 0.3 is 0 Å². The molecular weight excluding hydrogens is 349 g/mol. The maximum Gasteiger partial charge on any atom is 0.123 e. The van der Waals surface area contributed by atoms with Crippen LogP contribution in [0, 0.1) is 18.7 Å². The Morgan fingerprint density at radius 3 is 2.44 bits per heavy atom. The lowest BCUT2D eigenvalue weighted by molar-refractivity contribution is 0.626. The number of hydrogen-bond donors (Lipinski definition) is 0. The average Bonchev–Trinajstić information content (AvgIpc) is 2.62. The van der Waals surface area contributed by atoms with E-state index in [1.54, 1.807) is 35.7 Å². The number of aliphatic imine (C=N–C) groups is 1. The van der Waals surface area contributed by atoms with Crippen LogP contribution in [0.25, 0.3) is 0 Å². The van der Waals surface area contributed by atoms with Crippen LogP contribution in [0.4, 0.5) is 10.1 Å². The molecule has 0 heterocycles. The second kappa shape index (κ2) is 10.5. The van der Waals surface area contributed by atoms with Crippen molar-refractivity contribution in [3.05, 3.63) is 71.4 Å². The first-order valence-corrected chi connectivity index (χ1v) is 10.3. The third-order valence-corrected chi connectivity index (χ3v) is 5.79. The van der Waals surface area contributed by atoms with Crippen molar-refractivity contribution in [1.82, 2.24) is 0 Å². The van der Waals surface area contributed by atoms with Gasteiger partial charge in [0.2, 0.25) is 0 Å². The number of aryl methyl sites for hydroxylation is 1. The SMILES string of the molecule is CCC(C)CSC(C=CSc1ccc(F)cc1)=Nc1ccc(C)cc1. The third kappa shape index (κ3) is 7.49. The predicted octanol–water partition coefficient (Wildman–Crippen LogP) is 7.25. The lowest BCUT2D eigenvalue weighted by Crippen LogP contribution is -1.99. The molecule has 2 rings (SSSR count). The number of benzene rings is 2. The highest BCUT2D eigenvalue weighted by Crippen LogP contribution is 2.23. The molecule has 0 spiro atoms. The van der Waals surface area contributed by atoms with Gasteiger partial charge in [-0.1, -0.05) is 49.7 Å². The van der Waals surface area contributed by atoms with Crippen LogP contribution in [-0.2, 0) is 0 Å². The molecule has 1 unspecified atom stereocenters. The summed E-state index contributed by atoms with van der Waals surface area (Å²) in [5.74, 6) is 1.50. The highest BCUT2D eigenvalue weighted by molar-refractivity contribution is 8.14. The predicted molar refractivity (Wildman–Crippen MR) is 112 cm³/mol. The van der Waals surface area contributed by atoms with Crippen molar-refractivity contribution in [3.8, 4) is 0 Å². The van der Waals surface area contributed by atoms with Crippen molar-refractivity contribution in [2.24, 2.45) is 10.9 Å². The lowest BCUT2D eigenvalue weighted by Gasteiger charge is -2.08. The monoisotopic (exact) mass is 373 g/mol. The summed E-state index contributed by atoms with van der Waals surface area (Å²) in [6, 6.07) is 14.8. The maximum absolute atomic E-state index is 13.0. The van der Waals surface area contributed by atoms with Crippen LogP contribution >= 0.6 is 23.5 Å². The van der Waals surface area contributed by atoms with Gasteiger partial charge in [-0.3, -0.25) is 0 Å². The molecule has 0 aliphatic rings. The highest BCUT2D eigenvalue weighted by atomic mass is 32.2. The van der Waals surface area contributed by atoms with Gasteiger partial charge in [0.05, 0.1) is 10.7 Å². The van der Waals surface area contributed by atoms with Crippen LogP contribution in [0.3, 0.4) is 0 Å². The summed E-state index contributed by atoms with van der Waals surface area (Å²) in [5.41, 5.74) is 2.20. The smallest absolute Gasteiger partial charge is 0.123 e. The van der Waals surface area contributed by atoms with Gasteiger partial charge in [-0.05, 0) is 60.7 Å². The number of nitrogens with zero attached hydrogens (tertiary/aromatic N) is 1. The zero-order valence-corrected chi connectivity index (χ0v) is 16.5. The second-order valence-corrected chi connectivity index (χ2v) is 8.00.